The molecule has 1 aliphatic rings. The van der Waals surface area contributed by atoms with Crippen molar-refractivity contribution >= 4 is 41.5 Å². The first-order valence-electron chi connectivity index (χ1n) is 16.3. The molecule has 0 spiro atoms. The number of anilines is 4. The predicted octanol–water partition coefficient (Wildman–Crippen LogP) is 10.2. The third-order valence-corrected chi connectivity index (χ3v) is 14.0. The van der Waals surface area contributed by atoms with Gasteiger partial charge in [0.2, 0.25) is 0 Å². The first-order valence-corrected chi connectivity index (χ1v) is 18.2. The van der Waals surface area contributed by atoms with E-state index in [2.05, 4.69) is 205 Å². The number of hydrogen-bond donors (Lipinski definition) is 0. The molecule has 0 amide bonds. The molecule has 1 aliphatic heterocycles. The van der Waals surface area contributed by atoms with Gasteiger partial charge in [-0.2, -0.15) is 0 Å². The minimum atomic E-state index is -3.20. The van der Waals surface area contributed by atoms with Crippen LogP contribution in [0.1, 0.15) is 11.1 Å². The Hall–Kier alpha value is -5.64. The third-order valence-electron chi connectivity index (χ3n) is 9.38. The van der Waals surface area contributed by atoms with Crippen LogP contribution in [0.3, 0.4) is 0 Å². The first kappa shape index (κ1) is 28.8. The van der Waals surface area contributed by atoms with Crippen molar-refractivity contribution in [3.8, 4) is 22.3 Å². The lowest BCUT2D eigenvalue weighted by atomic mass is 10.0. The van der Waals surface area contributed by atoms with E-state index in [1.807, 2.05) is 0 Å². The number of nitrogens with zero attached hydrogens (tertiary/aromatic N) is 2. The van der Waals surface area contributed by atoms with Crippen molar-refractivity contribution in [1.29, 1.82) is 0 Å². The van der Waals surface area contributed by atoms with Crippen molar-refractivity contribution in [3.63, 3.8) is 0 Å². The lowest BCUT2D eigenvalue weighted by Gasteiger charge is -2.50. The van der Waals surface area contributed by atoms with Gasteiger partial charge in [0.1, 0.15) is 0 Å². The quantitative estimate of drug-likeness (QED) is 0.177. The number of para-hydroxylation sites is 3. The summed E-state index contributed by atoms with van der Waals surface area (Å²) in [6.45, 7) is 4.35. The zero-order valence-electron chi connectivity index (χ0n) is 26.7. The molecule has 226 valence electrons. The van der Waals surface area contributed by atoms with E-state index in [9.17, 15) is 0 Å². The lowest BCUT2D eigenvalue weighted by molar-refractivity contribution is 1.27. The second kappa shape index (κ2) is 11.9. The van der Waals surface area contributed by atoms with Crippen molar-refractivity contribution in [1.82, 2.24) is 0 Å². The van der Waals surface area contributed by atoms with Gasteiger partial charge in [-0.25, -0.2) is 0 Å². The largest absolute Gasteiger partial charge is 0.343 e. The van der Waals surface area contributed by atoms with Crippen molar-refractivity contribution in [2.24, 2.45) is 0 Å². The van der Waals surface area contributed by atoms with Gasteiger partial charge in [0.15, 0.2) is 0 Å². The van der Waals surface area contributed by atoms with Crippen LogP contribution in [0.5, 0.6) is 0 Å². The molecule has 2 nitrogen and oxygen atoms in total. The van der Waals surface area contributed by atoms with Crippen LogP contribution in [0.4, 0.5) is 22.7 Å². The van der Waals surface area contributed by atoms with E-state index in [-0.39, 0.29) is 0 Å². The average molecular weight is 621 g/mol. The van der Waals surface area contributed by atoms with Gasteiger partial charge in [-0.3, -0.25) is 0 Å². The molecule has 3 heteroatoms. The van der Waals surface area contributed by atoms with E-state index in [1.165, 1.54) is 66.5 Å². The maximum Gasteiger partial charge on any atom is 0.340 e. The molecule has 7 aromatic rings. The fourth-order valence-corrected chi connectivity index (χ4v) is 12.1. The summed E-state index contributed by atoms with van der Waals surface area (Å²) in [6, 6.07) is 67.4. The number of rotatable bonds is 5. The minimum Gasteiger partial charge on any atom is -0.343 e. The second-order valence-electron chi connectivity index (χ2n) is 12.4. The first-order chi connectivity index (χ1) is 23.1. The van der Waals surface area contributed by atoms with Crippen molar-refractivity contribution in [2.45, 2.75) is 13.8 Å². The number of fused-ring (bicyclic) bond motifs is 3. The maximum atomic E-state index is 2.71. The lowest BCUT2D eigenvalue weighted by Crippen LogP contribution is -2.78. The SMILES string of the molecule is Cc1ccc([Si]2(c3ccc(C)cc3)N(c3ccccc3)c3ccccc3-c3ccccc3N2c2ccc(-c3ccccc3)cc2)cc1. The molecule has 0 aliphatic carbocycles. The summed E-state index contributed by atoms with van der Waals surface area (Å²) in [7, 11) is -3.20. The summed E-state index contributed by atoms with van der Waals surface area (Å²) < 4.78 is 5.40. The Morgan fingerprint density at radius 3 is 1.21 bits per heavy atom. The van der Waals surface area contributed by atoms with Gasteiger partial charge in [0.25, 0.3) is 0 Å². The molecule has 0 saturated heterocycles. The third kappa shape index (κ3) is 4.88. The molecule has 47 heavy (non-hydrogen) atoms. The van der Waals surface area contributed by atoms with Crippen molar-refractivity contribution in [3.05, 3.63) is 193 Å². The summed E-state index contributed by atoms with van der Waals surface area (Å²) in [5.41, 5.74) is 12.1. The van der Waals surface area contributed by atoms with E-state index >= 15 is 0 Å². The van der Waals surface area contributed by atoms with Crippen LogP contribution in [-0.4, -0.2) is 8.40 Å². The van der Waals surface area contributed by atoms with Crippen LogP contribution in [0.25, 0.3) is 22.3 Å². The summed E-state index contributed by atoms with van der Waals surface area (Å²) in [5, 5.41) is 2.63. The standard InChI is InChI=1S/C44H36N2Si/c1-33-21-29-39(30-22-33)47(40-31-23-34(2)24-32-40)45(37-15-7-4-8-16-37)43-19-11-9-17-41(43)42-18-10-12-20-44(42)46(47)38-27-25-36(26-28-38)35-13-5-3-6-14-35/h3-32H,1-2H3. The Balaban J connectivity index is 1.54. The average Bonchev–Trinajstić information content (AvgIpc) is 3.24. The minimum absolute atomic E-state index is 1.17. The maximum absolute atomic E-state index is 3.20. The molecule has 0 atom stereocenters. The smallest absolute Gasteiger partial charge is 0.340 e. The Labute approximate surface area is 279 Å². The van der Waals surface area contributed by atoms with Gasteiger partial charge >= 0.3 is 8.40 Å². The highest BCUT2D eigenvalue weighted by Gasteiger charge is 2.54. The number of hydrogen-bond acceptors (Lipinski definition) is 2. The fourth-order valence-electron chi connectivity index (χ4n) is 7.16. The molecule has 7 aromatic carbocycles. The van der Waals surface area contributed by atoms with Gasteiger partial charge < -0.3 is 9.13 Å². The van der Waals surface area contributed by atoms with E-state index in [0.717, 1.165) is 0 Å². The Bertz CT molecular complexity index is 2090. The summed E-state index contributed by atoms with van der Waals surface area (Å²) in [5.74, 6) is 0. The van der Waals surface area contributed by atoms with Crippen LogP contribution >= 0.6 is 0 Å². The highest BCUT2D eigenvalue weighted by atomic mass is 28.3. The molecule has 0 radical (unpaired) electrons. The monoisotopic (exact) mass is 620 g/mol. The summed E-state index contributed by atoms with van der Waals surface area (Å²) >= 11 is 0. The topological polar surface area (TPSA) is 6.48 Å². The zero-order valence-corrected chi connectivity index (χ0v) is 27.7. The molecule has 1 heterocycles. The molecule has 8 rings (SSSR count). The van der Waals surface area contributed by atoms with Crippen LogP contribution in [0.2, 0.25) is 0 Å². The second-order valence-corrected chi connectivity index (χ2v) is 15.8. The Morgan fingerprint density at radius 1 is 0.340 bits per heavy atom. The molecular weight excluding hydrogens is 585 g/mol. The van der Waals surface area contributed by atoms with Crippen LogP contribution in [-0.2, 0) is 0 Å². The highest BCUT2D eigenvalue weighted by Crippen LogP contribution is 2.50. The molecule has 0 unspecified atom stereocenters. The zero-order chi connectivity index (χ0) is 31.8. The highest BCUT2D eigenvalue weighted by molar-refractivity contribution is 7.09. The van der Waals surface area contributed by atoms with Gasteiger partial charge in [-0.1, -0.05) is 157 Å². The van der Waals surface area contributed by atoms with Crippen molar-refractivity contribution < 1.29 is 0 Å². The van der Waals surface area contributed by atoms with Gasteiger partial charge in [0, 0.05) is 33.9 Å². The van der Waals surface area contributed by atoms with Gasteiger partial charge in [-0.15, -0.1) is 0 Å². The van der Waals surface area contributed by atoms with Crippen LogP contribution in [0, 0.1) is 13.8 Å². The fraction of sp³-hybridized carbons (Fsp3) is 0.0455. The van der Waals surface area contributed by atoms with Crippen LogP contribution in [0.15, 0.2) is 182 Å². The molecule has 0 N–H and O–H groups in total. The summed E-state index contributed by atoms with van der Waals surface area (Å²) in [6.07, 6.45) is 0. The number of benzene rings is 7. The number of aryl methyl sites for hydroxylation is 2. The van der Waals surface area contributed by atoms with E-state index in [0.29, 0.717) is 0 Å². The normalized spacial score (nSPS) is 13.4. The van der Waals surface area contributed by atoms with Crippen molar-refractivity contribution in [2.75, 3.05) is 9.13 Å². The van der Waals surface area contributed by atoms with E-state index in [1.54, 1.807) is 0 Å². The molecule has 0 saturated carbocycles. The summed E-state index contributed by atoms with van der Waals surface area (Å²) in [4.78, 5) is 0. The Morgan fingerprint density at radius 2 is 0.723 bits per heavy atom. The molecule has 0 aromatic heterocycles. The van der Waals surface area contributed by atoms with Gasteiger partial charge in [0.05, 0.1) is 0 Å². The molecule has 0 fully saturated rings. The van der Waals surface area contributed by atoms with E-state index < -0.39 is 8.40 Å². The Kier molecular flexibility index (Phi) is 7.32. The van der Waals surface area contributed by atoms with Crippen LogP contribution < -0.4 is 19.5 Å². The predicted molar refractivity (Wildman–Crippen MR) is 202 cm³/mol. The van der Waals surface area contributed by atoms with E-state index in [4.69, 9.17) is 0 Å². The van der Waals surface area contributed by atoms with Gasteiger partial charge in [-0.05, 0) is 71.7 Å². The molecular formula is C44H36N2Si. The molecule has 0 bridgehead atoms.